The molecular formula is C15H20Cl2N6O. The number of rotatable bonds is 4. The minimum Gasteiger partial charge on any atom is -0.339 e. The fourth-order valence-corrected chi connectivity index (χ4v) is 3.12. The van der Waals surface area contributed by atoms with Gasteiger partial charge in [-0.3, -0.25) is 4.79 Å². The molecule has 0 spiro atoms. The fourth-order valence-electron chi connectivity index (χ4n) is 2.95. The maximum absolute atomic E-state index is 12.9. The maximum atomic E-state index is 12.9. The van der Waals surface area contributed by atoms with Crippen molar-refractivity contribution in [1.82, 2.24) is 30.4 Å². The number of piperidine rings is 1. The number of likely N-dealkylation sites (tertiary alicyclic amines) is 1. The number of nitrogens with one attached hydrogen (secondary N) is 1. The highest BCUT2D eigenvalue weighted by Gasteiger charge is 2.25. The summed E-state index contributed by atoms with van der Waals surface area (Å²) in [4.78, 5) is 14.8. The predicted octanol–water partition coefficient (Wildman–Crippen LogP) is 1.81. The summed E-state index contributed by atoms with van der Waals surface area (Å²) < 4.78 is 1.48. The number of tetrazole rings is 1. The van der Waals surface area contributed by atoms with E-state index in [-0.39, 0.29) is 18.3 Å². The van der Waals surface area contributed by atoms with Crippen LogP contribution >= 0.6 is 24.0 Å². The third-order valence-electron chi connectivity index (χ3n) is 4.18. The van der Waals surface area contributed by atoms with Crippen LogP contribution in [0.15, 0.2) is 24.5 Å². The van der Waals surface area contributed by atoms with Gasteiger partial charge in [-0.05, 0) is 61.0 Å². The van der Waals surface area contributed by atoms with Crippen molar-refractivity contribution >= 4 is 29.9 Å². The first-order valence-corrected chi connectivity index (χ1v) is 8.03. The maximum Gasteiger partial charge on any atom is 0.256 e. The van der Waals surface area contributed by atoms with Gasteiger partial charge in [0, 0.05) is 18.1 Å². The summed E-state index contributed by atoms with van der Waals surface area (Å²) >= 11 is 6.09. The van der Waals surface area contributed by atoms with Crippen LogP contribution in [0.4, 0.5) is 0 Å². The van der Waals surface area contributed by atoms with E-state index in [9.17, 15) is 4.79 Å². The molecule has 9 heteroatoms. The van der Waals surface area contributed by atoms with Crippen LogP contribution in [0.3, 0.4) is 0 Å². The van der Waals surface area contributed by atoms with Gasteiger partial charge in [0.1, 0.15) is 6.33 Å². The zero-order valence-corrected chi connectivity index (χ0v) is 14.9. The smallest absolute Gasteiger partial charge is 0.256 e. The molecule has 2 aromatic rings. The molecule has 130 valence electrons. The Labute approximate surface area is 151 Å². The summed E-state index contributed by atoms with van der Waals surface area (Å²) in [6.45, 7) is 2.51. The highest BCUT2D eigenvalue weighted by atomic mass is 35.5. The lowest BCUT2D eigenvalue weighted by Gasteiger charge is -2.32. The molecule has 0 radical (unpaired) electrons. The Hall–Kier alpha value is -1.70. The lowest BCUT2D eigenvalue weighted by molar-refractivity contribution is 0.0690. The number of benzene rings is 1. The van der Waals surface area contributed by atoms with Crippen molar-refractivity contribution in [1.29, 1.82) is 0 Å². The summed E-state index contributed by atoms with van der Waals surface area (Å²) in [6.07, 6.45) is 3.49. The molecule has 0 saturated carbocycles. The first-order valence-electron chi connectivity index (χ1n) is 7.66. The normalized spacial score (nSPS) is 15.2. The summed E-state index contributed by atoms with van der Waals surface area (Å²) in [5.41, 5.74) is 1.17. The highest BCUT2D eigenvalue weighted by Crippen LogP contribution is 2.23. The van der Waals surface area contributed by atoms with Gasteiger partial charge in [-0.25, -0.2) is 0 Å². The van der Waals surface area contributed by atoms with Crippen molar-refractivity contribution in [3.05, 3.63) is 35.1 Å². The van der Waals surface area contributed by atoms with E-state index in [0.29, 0.717) is 22.2 Å². The van der Waals surface area contributed by atoms with E-state index < -0.39 is 0 Å². The molecule has 1 aliphatic rings. The van der Waals surface area contributed by atoms with E-state index in [1.807, 2.05) is 11.9 Å². The summed E-state index contributed by atoms with van der Waals surface area (Å²) in [5, 5.41) is 14.9. The van der Waals surface area contributed by atoms with Gasteiger partial charge in [0.05, 0.1) is 11.3 Å². The fraction of sp³-hybridized carbons (Fsp3) is 0.467. The molecule has 1 N–H and O–H groups in total. The second-order valence-electron chi connectivity index (χ2n) is 5.71. The standard InChI is InChI=1S/C15H19ClN6O.ClH/c1-17-9-11-4-6-21(7-5-11)15(23)13-8-12(16)2-3-14(13)22-10-18-19-20-22;/h2-3,8,10-11,17H,4-7,9H2,1H3;1H. The van der Waals surface area contributed by atoms with Gasteiger partial charge in [-0.2, -0.15) is 4.68 Å². The Morgan fingerprint density at radius 2 is 2.12 bits per heavy atom. The topological polar surface area (TPSA) is 75.9 Å². The minimum absolute atomic E-state index is 0. The molecule has 1 saturated heterocycles. The molecule has 1 amide bonds. The van der Waals surface area contributed by atoms with Crippen molar-refractivity contribution in [3.63, 3.8) is 0 Å². The Kier molecular flexibility index (Phi) is 6.53. The van der Waals surface area contributed by atoms with Crippen molar-refractivity contribution in [3.8, 4) is 5.69 Å². The molecule has 0 unspecified atom stereocenters. The van der Waals surface area contributed by atoms with Gasteiger partial charge in [0.2, 0.25) is 0 Å². The van der Waals surface area contributed by atoms with E-state index in [4.69, 9.17) is 11.6 Å². The average Bonchev–Trinajstić information content (AvgIpc) is 3.09. The first-order chi connectivity index (χ1) is 11.2. The number of hydrogen-bond donors (Lipinski definition) is 1. The predicted molar refractivity (Wildman–Crippen MR) is 94.0 cm³/mol. The highest BCUT2D eigenvalue weighted by molar-refractivity contribution is 6.31. The quantitative estimate of drug-likeness (QED) is 0.887. The Balaban J connectivity index is 0.00000208. The molecule has 2 heterocycles. The number of carbonyl (C=O) groups is 1. The third-order valence-corrected chi connectivity index (χ3v) is 4.41. The van der Waals surface area contributed by atoms with Crippen LogP contribution in [-0.2, 0) is 0 Å². The number of halogens is 2. The molecule has 3 rings (SSSR count). The van der Waals surface area contributed by atoms with E-state index >= 15 is 0 Å². The Morgan fingerprint density at radius 3 is 2.75 bits per heavy atom. The van der Waals surface area contributed by atoms with E-state index in [1.54, 1.807) is 18.2 Å². The van der Waals surface area contributed by atoms with E-state index in [2.05, 4.69) is 20.8 Å². The molecule has 0 atom stereocenters. The van der Waals surface area contributed by atoms with E-state index in [0.717, 1.165) is 32.5 Å². The van der Waals surface area contributed by atoms with Crippen LogP contribution < -0.4 is 5.32 Å². The number of nitrogens with zero attached hydrogens (tertiary/aromatic N) is 5. The molecule has 24 heavy (non-hydrogen) atoms. The second kappa shape index (κ2) is 8.41. The molecule has 0 bridgehead atoms. The number of amides is 1. The number of hydrogen-bond acceptors (Lipinski definition) is 5. The van der Waals surface area contributed by atoms with Crippen LogP contribution in [0.2, 0.25) is 5.02 Å². The molecule has 1 aliphatic heterocycles. The molecule has 1 aromatic carbocycles. The molecule has 1 fully saturated rings. The number of aromatic nitrogens is 4. The van der Waals surface area contributed by atoms with E-state index in [1.165, 1.54) is 11.0 Å². The van der Waals surface area contributed by atoms with Crippen LogP contribution in [0.25, 0.3) is 5.69 Å². The monoisotopic (exact) mass is 370 g/mol. The van der Waals surface area contributed by atoms with Crippen LogP contribution in [0.5, 0.6) is 0 Å². The molecule has 0 aliphatic carbocycles. The molecule has 1 aromatic heterocycles. The van der Waals surface area contributed by atoms with Crippen LogP contribution in [-0.4, -0.2) is 57.7 Å². The largest absolute Gasteiger partial charge is 0.339 e. The van der Waals surface area contributed by atoms with Gasteiger partial charge < -0.3 is 10.2 Å². The SMILES string of the molecule is CNCC1CCN(C(=O)c2cc(Cl)ccc2-n2cnnn2)CC1.Cl. The lowest BCUT2D eigenvalue weighted by atomic mass is 9.96. The van der Waals surface area contributed by atoms with Crippen LogP contribution in [0.1, 0.15) is 23.2 Å². The van der Waals surface area contributed by atoms with Crippen LogP contribution in [0, 0.1) is 5.92 Å². The summed E-state index contributed by atoms with van der Waals surface area (Å²) in [7, 11) is 1.96. The zero-order chi connectivity index (χ0) is 16.2. The number of carbonyl (C=O) groups excluding carboxylic acids is 1. The van der Waals surface area contributed by atoms with Gasteiger partial charge in [0.15, 0.2) is 0 Å². The summed E-state index contributed by atoms with van der Waals surface area (Å²) in [6, 6.07) is 5.18. The minimum atomic E-state index is -0.0269. The molecular weight excluding hydrogens is 351 g/mol. The van der Waals surface area contributed by atoms with Crippen molar-refractivity contribution in [2.45, 2.75) is 12.8 Å². The van der Waals surface area contributed by atoms with Gasteiger partial charge in [-0.15, -0.1) is 17.5 Å². The van der Waals surface area contributed by atoms with Gasteiger partial charge in [0.25, 0.3) is 5.91 Å². The zero-order valence-electron chi connectivity index (χ0n) is 13.4. The van der Waals surface area contributed by atoms with Gasteiger partial charge >= 0.3 is 0 Å². The lowest BCUT2D eigenvalue weighted by Crippen LogP contribution is -2.40. The summed E-state index contributed by atoms with van der Waals surface area (Å²) in [5.74, 6) is 0.600. The second-order valence-corrected chi connectivity index (χ2v) is 6.15. The first kappa shape index (κ1) is 18.6. The van der Waals surface area contributed by atoms with Gasteiger partial charge in [-0.1, -0.05) is 11.6 Å². The van der Waals surface area contributed by atoms with Crippen molar-refractivity contribution < 1.29 is 4.79 Å². The third kappa shape index (κ3) is 4.03. The van der Waals surface area contributed by atoms with Crippen molar-refractivity contribution in [2.75, 3.05) is 26.7 Å². The molecule has 7 nitrogen and oxygen atoms in total. The van der Waals surface area contributed by atoms with Crippen molar-refractivity contribution in [2.24, 2.45) is 5.92 Å². The Morgan fingerprint density at radius 1 is 1.38 bits per heavy atom. The Bertz CT molecular complexity index is 671. The average molecular weight is 371 g/mol.